The summed E-state index contributed by atoms with van der Waals surface area (Å²) in [5.74, 6) is 0.632. The molecule has 4 rings (SSSR count). The van der Waals surface area contributed by atoms with Crippen LogP contribution in [-0.4, -0.2) is 49.5 Å². The number of hydrogen-bond acceptors (Lipinski definition) is 6. The topological polar surface area (TPSA) is 89.4 Å². The first kappa shape index (κ1) is 16.8. The van der Waals surface area contributed by atoms with Crippen LogP contribution in [0.5, 0.6) is 0 Å². The summed E-state index contributed by atoms with van der Waals surface area (Å²) in [6.07, 6.45) is 1.64. The molecule has 0 bridgehead atoms. The van der Waals surface area contributed by atoms with Gasteiger partial charge in [-0.1, -0.05) is 18.2 Å². The van der Waals surface area contributed by atoms with Crippen molar-refractivity contribution in [2.45, 2.75) is 5.03 Å². The van der Waals surface area contributed by atoms with Crippen LogP contribution in [-0.2, 0) is 21.8 Å². The van der Waals surface area contributed by atoms with Crippen molar-refractivity contribution < 1.29 is 13.2 Å². The van der Waals surface area contributed by atoms with Gasteiger partial charge in [0.25, 0.3) is 10.0 Å². The Morgan fingerprint density at radius 1 is 1.15 bits per heavy atom. The van der Waals surface area contributed by atoms with Crippen molar-refractivity contribution >= 4 is 32.4 Å². The summed E-state index contributed by atoms with van der Waals surface area (Å²) in [6.45, 7) is 2.60. The molecule has 9 heteroatoms. The third-order valence-electron chi connectivity index (χ3n) is 4.31. The number of ether oxygens (including phenoxy) is 1. The minimum atomic E-state index is -3.80. The lowest BCUT2D eigenvalue weighted by molar-refractivity contribution is 0.122. The van der Waals surface area contributed by atoms with E-state index < -0.39 is 10.0 Å². The molecule has 8 nitrogen and oxygen atoms in total. The van der Waals surface area contributed by atoms with E-state index in [1.54, 1.807) is 31.4 Å². The van der Waals surface area contributed by atoms with Crippen LogP contribution < -0.4 is 9.62 Å². The monoisotopic (exact) mass is 373 g/mol. The van der Waals surface area contributed by atoms with Crippen LogP contribution in [0.3, 0.4) is 0 Å². The van der Waals surface area contributed by atoms with Crippen molar-refractivity contribution in [2.24, 2.45) is 7.05 Å². The summed E-state index contributed by atoms with van der Waals surface area (Å²) < 4.78 is 35.2. The van der Waals surface area contributed by atoms with Gasteiger partial charge >= 0.3 is 0 Å². The summed E-state index contributed by atoms with van der Waals surface area (Å²) in [4.78, 5) is 6.30. The van der Waals surface area contributed by atoms with Gasteiger partial charge in [-0.15, -0.1) is 0 Å². The largest absolute Gasteiger partial charge is 0.378 e. The van der Waals surface area contributed by atoms with Crippen LogP contribution in [0.4, 0.5) is 11.5 Å². The van der Waals surface area contributed by atoms with Crippen molar-refractivity contribution in [3.8, 4) is 0 Å². The Hall–Kier alpha value is -2.65. The first-order chi connectivity index (χ1) is 12.5. The van der Waals surface area contributed by atoms with Crippen molar-refractivity contribution in [2.75, 3.05) is 35.9 Å². The van der Waals surface area contributed by atoms with Crippen LogP contribution in [0.15, 0.2) is 47.6 Å². The Morgan fingerprint density at radius 3 is 2.73 bits per heavy atom. The summed E-state index contributed by atoms with van der Waals surface area (Å²) in [5.41, 5.74) is 1.05. The second-order valence-electron chi connectivity index (χ2n) is 6.05. The molecule has 2 aromatic heterocycles. The minimum Gasteiger partial charge on any atom is -0.378 e. The summed E-state index contributed by atoms with van der Waals surface area (Å²) in [6, 6.07) is 10.7. The fourth-order valence-corrected chi connectivity index (χ4v) is 4.23. The number of rotatable bonds is 4. The smallest absolute Gasteiger partial charge is 0.279 e. The number of para-hydroxylation sites is 1. The fraction of sp³-hybridized carbons (Fsp3) is 0.294. The number of fused-ring (bicyclic) bond motifs is 1. The maximum Gasteiger partial charge on any atom is 0.279 e. The molecule has 1 aliphatic heterocycles. The van der Waals surface area contributed by atoms with E-state index in [1.165, 1.54) is 4.68 Å². The van der Waals surface area contributed by atoms with Crippen LogP contribution in [0.25, 0.3) is 10.9 Å². The summed E-state index contributed by atoms with van der Waals surface area (Å²) >= 11 is 0. The van der Waals surface area contributed by atoms with Crippen molar-refractivity contribution in [3.05, 3.63) is 42.6 Å². The lowest BCUT2D eigenvalue weighted by atomic mass is 10.2. The molecular weight excluding hydrogens is 354 g/mol. The van der Waals surface area contributed by atoms with E-state index in [1.807, 2.05) is 23.1 Å². The number of anilines is 2. The highest BCUT2D eigenvalue weighted by Gasteiger charge is 2.24. The number of benzene rings is 1. The number of nitrogens with one attached hydrogen (secondary N) is 1. The second kappa shape index (κ2) is 6.58. The van der Waals surface area contributed by atoms with E-state index >= 15 is 0 Å². The van der Waals surface area contributed by atoms with Gasteiger partial charge < -0.3 is 9.64 Å². The fourth-order valence-electron chi connectivity index (χ4n) is 3.02. The van der Waals surface area contributed by atoms with Gasteiger partial charge in [0.1, 0.15) is 0 Å². The highest BCUT2D eigenvalue weighted by atomic mass is 32.2. The average Bonchev–Trinajstić information content (AvgIpc) is 3.05. The van der Waals surface area contributed by atoms with Gasteiger partial charge in [-0.2, -0.15) is 13.5 Å². The predicted octanol–water partition coefficient (Wildman–Crippen LogP) is 1.61. The number of nitrogens with zero attached hydrogens (tertiary/aromatic N) is 4. The Balaban J connectivity index is 1.67. The Morgan fingerprint density at radius 2 is 1.92 bits per heavy atom. The number of sulfonamides is 1. The molecule has 0 radical (unpaired) electrons. The highest BCUT2D eigenvalue weighted by molar-refractivity contribution is 7.92. The van der Waals surface area contributed by atoms with Gasteiger partial charge in [-0.3, -0.25) is 14.4 Å². The van der Waals surface area contributed by atoms with Crippen LogP contribution in [0.1, 0.15) is 0 Å². The van der Waals surface area contributed by atoms with E-state index in [4.69, 9.17) is 4.74 Å². The van der Waals surface area contributed by atoms with Gasteiger partial charge in [-0.25, -0.2) is 0 Å². The summed E-state index contributed by atoms with van der Waals surface area (Å²) in [5, 5.41) is 5.33. The van der Waals surface area contributed by atoms with Crippen LogP contribution >= 0.6 is 0 Å². The molecule has 26 heavy (non-hydrogen) atoms. The molecule has 1 saturated heterocycles. The predicted molar refractivity (Wildman–Crippen MR) is 98.8 cm³/mol. The van der Waals surface area contributed by atoms with Crippen molar-refractivity contribution in [3.63, 3.8) is 0 Å². The second-order valence-corrected chi connectivity index (χ2v) is 7.68. The van der Waals surface area contributed by atoms with Crippen molar-refractivity contribution in [1.82, 2.24) is 14.8 Å². The Labute approximate surface area is 151 Å². The van der Waals surface area contributed by atoms with Gasteiger partial charge in [0.05, 0.1) is 24.4 Å². The Bertz CT molecular complexity index is 1040. The first-order valence-corrected chi connectivity index (χ1v) is 9.76. The zero-order chi connectivity index (χ0) is 18.1. The molecule has 136 valence electrons. The molecule has 1 aliphatic rings. The molecule has 0 aliphatic carbocycles. The third-order valence-corrected chi connectivity index (χ3v) is 5.73. The number of hydrogen-bond donors (Lipinski definition) is 1. The number of aromatic nitrogens is 3. The number of morpholine rings is 1. The van der Waals surface area contributed by atoms with Crippen LogP contribution in [0, 0.1) is 0 Å². The molecule has 3 aromatic rings. The first-order valence-electron chi connectivity index (χ1n) is 8.28. The standard InChI is InChI=1S/C17H19N5O3S/c1-21-16(12-15(19-21)22-8-10-25-11-9-22)26(23,24)20-14-6-2-4-13-5-3-7-18-17(13)14/h2-7,12,20H,8-11H2,1H3. The third kappa shape index (κ3) is 3.11. The molecule has 1 aromatic carbocycles. The zero-order valence-electron chi connectivity index (χ0n) is 14.3. The molecule has 1 fully saturated rings. The van der Waals surface area contributed by atoms with E-state index in [2.05, 4.69) is 14.8 Å². The number of pyridine rings is 1. The summed E-state index contributed by atoms with van der Waals surface area (Å²) in [7, 11) is -2.18. The molecule has 0 spiro atoms. The molecule has 0 saturated carbocycles. The van der Waals surface area contributed by atoms with E-state index in [0.717, 1.165) is 5.39 Å². The molecule has 0 unspecified atom stereocenters. The zero-order valence-corrected chi connectivity index (χ0v) is 15.1. The molecule has 1 N–H and O–H groups in total. The van der Waals surface area contributed by atoms with E-state index in [0.29, 0.717) is 43.3 Å². The number of aryl methyl sites for hydroxylation is 1. The molecule has 0 amide bonds. The quantitative estimate of drug-likeness (QED) is 0.747. The minimum absolute atomic E-state index is 0.104. The van der Waals surface area contributed by atoms with E-state index in [-0.39, 0.29) is 5.03 Å². The normalized spacial score (nSPS) is 15.3. The average molecular weight is 373 g/mol. The van der Waals surface area contributed by atoms with Gasteiger partial charge in [0.2, 0.25) is 0 Å². The molecular formula is C17H19N5O3S. The van der Waals surface area contributed by atoms with Crippen molar-refractivity contribution in [1.29, 1.82) is 0 Å². The lowest BCUT2D eigenvalue weighted by Gasteiger charge is -2.26. The molecule has 3 heterocycles. The van der Waals surface area contributed by atoms with E-state index in [9.17, 15) is 8.42 Å². The SMILES string of the molecule is Cn1nc(N2CCOCC2)cc1S(=O)(=O)Nc1cccc2cccnc12. The maximum atomic E-state index is 12.9. The van der Waals surface area contributed by atoms with Gasteiger partial charge in [-0.05, 0) is 12.1 Å². The van der Waals surface area contributed by atoms with Gasteiger partial charge in [0, 0.05) is 37.8 Å². The highest BCUT2D eigenvalue weighted by Crippen LogP contribution is 2.25. The molecule has 0 atom stereocenters. The van der Waals surface area contributed by atoms with Gasteiger partial charge in [0.15, 0.2) is 10.8 Å². The lowest BCUT2D eigenvalue weighted by Crippen LogP contribution is -2.36. The maximum absolute atomic E-state index is 12.9. The Kier molecular flexibility index (Phi) is 4.25. The van der Waals surface area contributed by atoms with Crippen LogP contribution in [0.2, 0.25) is 0 Å².